The van der Waals surface area contributed by atoms with Crippen molar-refractivity contribution in [2.24, 2.45) is 5.92 Å². The second kappa shape index (κ2) is 7.74. The lowest BCUT2D eigenvalue weighted by Gasteiger charge is -2.19. The first-order valence-electron chi connectivity index (χ1n) is 6.91. The highest BCUT2D eigenvalue weighted by Crippen LogP contribution is 2.23. The van der Waals surface area contributed by atoms with Crippen LogP contribution in [-0.2, 0) is 14.6 Å². The van der Waals surface area contributed by atoms with Gasteiger partial charge in [-0.05, 0) is 30.4 Å². The minimum Gasteiger partial charge on any atom is -0.294 e. The molecule has 19 heavy (non-hydrogen) atoms. The number of hydrogen-bond acceptors (Lipinski definition) is 3. The summed E-state index contributed by atoms with van der Waals surface area (Å²) in [6.45, 7) is 0.519. The maximum Gasteiger partial charge on any atom is 0.365 e. The van der Waals surface area contributed by atoms with Crippen molar-refractivity contribution in [2.75, 3.05) is 6.61 Å². The normalized spacial score (nSPS) is 16.6. The number of carbonyl (C=O) groups excluding carboxylic acids is 1. The molecular formula is C16H20O3. The van der Waals surface area contributed by atoms with E-state index in [0.29, 0.717) is 12.5 Å². The number of hydrogen-bond donors (Lipinski definition) is 0. The fourth-order valence-corrected chi connectivity index (χ4v) is 2.30. The number of rotatable bonds is 5. The Morgan fingerprint density at radius 3 is 2.63 bits per heavy atom. The fourth-order valence-electron chi connectivity index (χ4n) is 2.30. The van der Waals surface area contributed by atoms with Gasteiger partial charge in [-0.3, -0.25) is 4.89 Å². The molecule has 1 aromatic rings. The first kappa shape index (κ1) is 13.8. The summed E-state index contributed by atoms with van der Waals surface area (Å²) in [6, 6.07) is 9.62. The van der Waals surface area contributed by atoms with Crippen LogP contribution in [-0.4, -0.2) is 12.6 Å². The Kier molecular flexibility index (Phi) is 5.63. The highest BCUT2D eigenvalue weighted by Gasteiger charge is 2.14. The third-order valence-corrected chi connectivity index (χ3v) is 3.38. The first-order chi connectivity index (χ1) is 9.34. The molecule has 0 unspecified atom stereocenters. The van der Waals surface area contributed by atoms with Crippen LogP contribution < -0.4 is 0 Å². The maximum absolute atomic E-state index is 11.4. The van der Waals surface area contributed by atoms with Crippen molar-refractivity contribution in [1.29, 1.82) is 0 Å². The van der Waals surface area contributed by atoms with Crippen molar-refractivity contribution in [3.05, 3.63) is 42.0 Å². The highest BCUT2D eigenvalue weighted by molar-refractivity contribution is 5.86. The van der Waals surface area contributed by atoms with Gasteiger partial charge in [-0.2, -0.15) is 4.89 Å². The van der Waals surface area contributed by atoms with Crippen LogP contribution in [0.1, 0.15) is 37.7 Å². The van der Waals surface area contributed by atoms with Crippen LogP contribution in [0, 0.1) is 5.92 Å². The summed E-state index contributed by atoms with van der Waals surface area (Å²) in [7, 11) is 0. The summed E-state index contributed by atoms with van der Waals surface area (Å²) in [5.41, 5.74) is 0.965. The average molecular weight is 260 g/mol. The molecule has 0 saturated heterocycles. The van der Waals surface area contributed by atoms with E-state index in [1.807, 2.05) is 30.3 Å². The SMILES string of the molecule is O=C(/C=C/c1ccccc1)OOCC1CCCCC1. The second-order valence-corrected chi connectivity index (χ2v) is 4.93. The first-order valence-corrected chi connectivity index (χ1v) is 6.91. The minimum absolute atomic E-state index is 0.459. The summed E-state index contributed by atoms with van der Waals surface area (Å²) in [5.74, 6) is 0.0827. The predicted octanol–water partition coefficient (Wildman–Crippen LogP) is 3.75. The van der Waals surface area contributed by atoms with Crippen LogP contribution in [0.2, 0.25) is 0 Å². The van der Waals surface area contributed by atoms with Crippen molar-refractivity contribution >= 4 is 12.0 Å². The highest BCUT2D eigenvalue weighted by atomic mass is 17.2. The van der Waals surface area contributed by atoms with Crippen molar-refractivity contribution in [3.63, 3.8) is 0 Å². The summed E-state index contributed by atoms with van der Waals surface area (Å²) in [6.07, 6.45) is 9.29. The van der Waals surface area contributed by atoms with Gasteiger partial charge >= 0.3 is 5.97 Å². The van der Waals surface area contributed by atoms with Crippen LogP contribution in [0.3, 0.4) is 0 Å². The molecule has 1 aliphatic rings. The lowest BCUT2D eigenvalue weighted by atomic mass is 9.90. The molecule has 3 nitrogen and oxygen atoms in total. The van der Waals surface area contributed by atoms with Gasteiger partial charge in [0.2, 0.25) is 0 Å². The zero-order valence-corrected chi connectivity index (χ0v) is 11.1. The minimum atomic E-state index is -0.459. The van der Waals surface area contributed by atoms with Crippen molar-refractivity contribution < 1.29 is 14.6 Å². The molecule has 0 spiro atoms. The van der Waals surface area contributed by atoms with E-state index in [2.05, 4.69) is 0 Å². The third kappa shape index (κ3) is 5.26. The van der Waals surface area contributed by atoms with Gasteiger partial charge in [-0.1, -0.05) is 49.6 Å². The molecule has 0 aromatic heterocycles. The van der Waals surface area contributed by atoms with Gasteiger partial charge in [-0.15, -0.1) is 0 Å². The zero-order valence-electron chi connectivity index (χ0n) is 11.1. The van der Waals surface area contributed by atoms with Gasteiger partial charge in [0, 0.05) is 6.08 Å². The van der Waals surface area contributed by atoms with E-state index < -0.39 is 5.97 Å². The molecule has 3 heteroatoms. The van der Waals surface area contributed by atoms with E-state index in [-0.39, 0.29) is 0 Å². The largest absolute Gasteiger partial charge is 0.365 e. The average Bonchev–Trinajstić information content (AvgIpc) is 2.47. The fraction of sp³-hybridized carbons (Fsp3) is 0.438. The summed E-state index contributed by atoms with van der Waals surface area (Å²) in [4.78, 5) is 21.2. The summed E-state index contributed by atoms with van der Waals surface area (Å²) >= 11 is 0. The number of benzene rings is 1. The quantitative estimate of drug-likeness (QED) is 0.459. The van der Waals surface area contributed by atoms with Crippen LogP contribution in [0.25, 0.3) is 6.08 Å². The lowest BCUT2D eigenvalue weighted by Crippen LogP contribution is -2.14. The summed E-state index contributed by atoms with van der Waals surface area (Å²) in [5, 5.41) is 0. The van der Waals surface area contributed by atoms with Gasteiger partial charge in [0.1, 0.15) is 0 Å². The van der Waals surface area contributed by atoms with Gasteiger partial charge in [0.05, 0.1) is 6.61 Å². The topological polar surface area (TPSA) is 35.5 Å². The van der Waals surface area contributed by atoms with Crippen LogP contribution in [0.15, 0.2) is 36.4 Å². The molecule has 0 heterocycles. The Bertz CT molecular complexity index is 405. The Morgan fingerprint density at radius 2 is 1.89 bits per heavy atom. The van der Waals surface area contributed by atoms with Crippen LogP contribution >= 0.6 is 0 Å². The smallest absolute Gasteiger partial charge is 0.294 e. The Balaban J connectivity index is 1.65. The summed E-state index contributed by atoms with van der Waals surface area (Å²) < 4.78 is 0. The molecule has 1 fully saturated rings. The molecule has 1 saturated carbocycles. The van der Waals surface area contributed by atoms with E-state index in [4.69, 9.17) is 9.78 Å². The second-order valence-electron chi connectivity index (χ2n) is 4.93. The van der Waals surface area contributed by atoms with Crippen molar-refractivity contribution in [1.82, 2.24) is 0 Å². The Hall–Kier alpha value is -1.61. The molecule has 1 aliphatic carbocycles. The molecule has 2 rings (SSSR count). The van der Waals surface area contributed by atoms with Gasteiger partial charge < -0.3 is 0 Å². The maximum atomic E-state index is 11.4. The molecule has 1 aromatic carbocycles. The van der Waals surface area contributed by atoms with Crippen LogP contribution in [0.5, 0.6) is 0 Å². The Morgan fingerprint density at radius 1 is 1.16 bits per heavy atom. The standard InChI is InChI=1S/C16H20O3/c17-16(12-11-14-7-3-1-4-8-14)19-18-13-15-9-5-2-6-10-15/h1,3-4,7-8,11-12,15H,2,5-6,9-10,13H2/b12-11+. The van der Waals surface area contributed by atoms with Crippen molar-refractivity contribution in [3.8, 4) is 0 Å². The van der Waals surface area contributed by atoms with E-state index in [9.17, 15) is 4.79 Å². The number of carbonyl (C=O) groups is 1. The molecule has 0 amide bonds. The zero-order chi connectivity index (χ0) is 13.3. The van der Waals surface area contributed by atoms with E-state index >= 15 is 0 Å². The molecule has 0 radical (unpaired) electrons. The third-order valence-electron chi connectivity index (χ3n) is 3.38. The van der Waals surface area contributed by atoms with Gasteiger partial charge in [0.15, 0.2) is 0 Å². The van der Waals surface area contributed by atoms with Crippen molar-refractivity contribution in [2.45, 2.75) is 32.1 Å². The Labute approximate surface area is 114 Å². The molecule has 102 valence electrons. The van der Waals surface area contributed by atoms with E-state index in [1.165, 1.54) is 38.2 Å². The van der Waals surface area contributed by atoms with Crippen LogP contribution in [0.4, 0.5) is 0 Å². The molecule has 0 atom stereocenters. The van der Waals surface area contributed by atoms with Gasteiger partial charge in [-0.25, -0.2) is 4.79 Å². The van der Waals surface area contributed by atoms with E-state index in [0.717, 1.165) is 5.56 Å². The molecule has 0 N–H and O–H groups in total. The van der Waals surface area contributed by atoms with E-state index in [1.54, 1.807) is 6.08 Å². The molecular weight excluding hydrogens is 240 g/mol. The lowest BCUT2D eigenvalue weighted by molar-refractivity contribution is -0.274. The predicted molar refractivity (Wildman–Crippen MR) is 74.1 cm³/mol. The van der Waals surface area contributed by atoms with Gasteiger partial charge in [0.25, 0.3) is 0 Å². The molecule has 0 bridgehead atoms. The monoisotopic (exact) mass is 260 g/mol. The molecule has 0 aliphatic heterocycles.